The molecule has 0 aromatic carbocycles. The van der Waals surface area contributed by atoms with Crippen LogP contribution in [-0.2, 0) is 17.8 Å². The molecule has 0 saturated carbocycles. The van der Waals surface area contributed by atoms with Crippen LogP contribution >= 0.6 is 0 Å². The molecule has 0 spiro atoms. The Labute approximate surface area is 122 Å². The third-order valence-corrected chi connectivity index (χ3v) is 4.29. The van der Waals surface area contributed by atoms with Crippen LogP contribution in [0.1, 0.15) is 37.4 Å². The van der Waals surface area contributed by atoms with Crippen molar-refractivity contribution in [3.8, 4) is 0 Å². The Bertz CT molecular complexity index is 417. The monoisotopic (exact) mass is 280 g/mol. The zero-order valence-electron chi connectivity index (χ0n) is 13.2. The average molecular weight is 280 g/mol. The normalized spacial score (nSPS) is 24.2. The molecular weight excluding hydrogens is 252 g/mol. The zero-order chi connectivity index (χ0) is 14.5. The number of ether oxygens (including phenoxy) is 1. The molecule has 2 atom stereocenters. The highest BCUT2D eigenvalue weighted by Crippen LogP contribution is 2.23. The molecule has 0 radical (unpaired) electrons. The predicted molar refractivity (Wildman–Crippen MR) is 80.7 cm³/mol. The van der Waals surface area contributed by atoms with Crippen LogP contribution in [0.4, 0.5) is 0 Å². The Morgan fingerprint density at radius 1 is 1.50 bits per heavy atom. The summed E-state index contributed by atoms with van der Waals surface area (Å²) in [6.07, 6.45) is 1.57. The molecule has 1 aliphatic heterocycles. The van der Waals surface area contributed by atoms with Crippen molar-refractivity contribution in [1.82, 2.24) is 10.2 Å². The molecule has 0 aliphatic carbocycles. The molecule has 1 saturated heterocycles. The lowest BCUT2D eigenvalue weighted by atomic mass is 9.95. The number of rotatable bonds is 6. The second-order valence-electron chi connectivity index (χ2n) is 5.85. The topological polar surface area (TPSA) is 37.6 Å². The van der Waals surface area contributed by atoms with Crippen molar-refractivity contribution in [3.63, 3.8) is 0 Å². The van der Waals surface area contributed by atoms with Gasteiger partial charge in [0.25, 0.3) is 0 Å². The SMILES string of the molecule is CCNCc1cc(CN2CCC(C)C(OC)C2)c(C)o1. The molecule has 1 fully saturated rings. The van der Waals surface area contributed by atoms with Crippen molar-refractivity contribution in [2.45, 2.75) is 46.4 Å². The second-order valence-corrected chi connectivity index (χ2v) is 5.85. The fourth-order valence-corrected chi connectivity index (χ4v) is 2.87. The van der Waals surface area contributed by atoms with Gasteiger partial charge in [-0.05, 0) is 38.4 Å². The quantitative estimate of drug-likeness (QED) is 0.869. The summed E-state index contributed by atoms with van der Waals surface area (Å²) in [5.41, 5.74) is 1.31. The molecule has 4 nitrogen and oxygen atoms in total. The molecule has 2 unspecified atom stereocenters. The van der Waals surface area contributed by atoms with E-state index in [4.69, 9.17) is 9.15 Å². The summed E-state index contributed by atoms with van der Waals surface area (Å²) < 4.78 is 11.4. The minimum atomic E-state index is 0.359. The van der Waals surface area contributed by atoms with Crippen molar-refractivity contribution in [2.75, 3.05) is 26.7 Å². The summed E-state index contributed by atoms with van der Waals surface area (Å²) in [6.45, 7) is 11.4. The van der Waals surface area contributed by atoms with Gasteiger partial charge in [0.2, 0.25) is 0 Å². The van der Waals surface area contributed by atoms with Crippen LogP contribution in [0, 0.1) is 12.8 Å². The first-order valence-electron chi connectivity index (χ1n) is 7.68. The standard InChI is InChI=1S/C16H28N2O2/c1-5-17-9-15-8-14(13(3)20-15)10-18-7-6-12(2)16(11-18)19-4/h8,12,16-17H,5-7,9-11H2,1-4H3. The maximum Gasteiger partial charge on any atom is 0.118 e. The number of furan rings is 1. The largest absolute Gasteiger partial charge is 0.465 e. The van der Waals surface area contributed by atoms with Gasteiger partial charge in [-0.15, -0.1) is 0 Å². The van der Waals surface area contributed by atoms with Gasteiger partial charge in [-0.3, -0.25) is 4.90 Å². The molecule has 1 N–H and O–H groups in total. The van der Waals surface area contributed by atoms with Crippen LogP contribution < -0.4 is 5.32 Å². The Morgan fingerprint density at radius 2 is 2.30 bits per heavy atom. The van der Waals surface area contributed by atoms with E-state index in [0.29, 0.717) is 12.0 Å². The number of nitrogens with zero attached hydrogens (tertiary/aromatic N) is 1. The lowest BCUT2D eigenvalue weighted by molar-refractivity contribution is -0.00755. The van der Waals surface area contributed by atoms with E-state index >= 15 is 0 Å². The average Bonchev–Trinajstić information content (AvgIpc) is 2.79. The van der Waals surface area contributed by atoms with E-state index in [1.54, 1.807) is 0 Å². The number of aryl methyl sites for hydroxylation is 1. The Balaban J connectivity index is 1.94. The minimum absolute atomic E-state index is 0.359. The minimum Gasteiger partial charge on any atom is -0.465 e. The highest BCUT2D eigenvalue weighted by molar-refractivity contribution is 5.21. The maximum absolute atomic E-state index is 5.81. The third-order valence-electron chi connectivity index (χ3n) is 4.29. The van der Waals surface area contributed by atoms with E-state index in [2.05, 4.69) is 37.1 Å². The fraction of sp³-hybridized carbons (Fsp3) is 0.750. The van der Waals surface area contributed by atoms with Gasteiger partial charge in [-0.1, -0.05) is 13.8 Å². The summed E-state index contributed by atoms with van der Waals surface area (Å²) >= 11 is 0. The van der Waals surface area contributed by atoms with E-state index in [0.717, 1.165) is 44.2 Å². The number of hydrogen-bond donors (Lipinski definition) is 1. The molecule has 4 heteroatoms. The van der Waals surface area contributed by atoms with Gasteiger partial charge in [0.1, 0.15) is 11.5 Å². The van der Waals surface area contributed by atoms with Gasteiger partial charge in [-0.2, -0.15) is 0 Å². The first-order chi connectivity index (χ1) is 9.63. The Hall–Kier alpha value is -0.840. The highest BCUT2D eigenvalue weighted by atomic mass is 16.5. The van der Waals surface area contributed by atoms with Gasteiger partial charge in [0.05, 0.1) is 12.6 Å². The smallest absolute Gasteiger partial charge is 0.118 e. The number of hydrogen-bond acceptors (Lipinski definition) is 4. The molecule has 114 valence electrons. The summed E-state index contributed by atoms with van der Waals surface area (Å²) in [6, 6.07) is 2.19. The van der Waals surface area contributed by atoms with Crippen molar-refractivity contribution in [3.05, 3.63) is 23.2 Å². The van der Waals surface area contributed by atoms with Gasteiger partial charge in [-0.25, -0.2) is 0 Å². The van der Waals surface area contributed by atoms with Gasteiger partial charge < -0.3 is 14.5 Å². The van der Waals surface area contributed by atoms with Crippen molar-refractivity contribution in [1.29, 1.82) is 0 Å². The van der Waals surface area contributed by atoms with Crippen LogP contribution in [0.25, 0.3) is 0 Å². The molecule has 2 heterocycles. The van der Waals surface area contributed by atoms with Crippen molar-refractivity contribution >= 4 is 0 Å². The molecule has 20 heavy (non-hydrogen) atoms. The molecule has 0 bridgehead atoms. The maximum atomic E-state index is 5.81. The van der Waals surface area contributed by atoms with E-state index in [1.165, 1.54) is 12.0 Å². The van der Waals surface area contributed by atoms with E-state index in [-0.39, 0.29) is 0 Å². The molecular formula is C16H28N2O2. The summed E-state index contributed by atoms with van der Waals surface area (Å²) in [7, 11) is 1.82. The molecule has 1 aromatic heterocycles. The summed E-state index contributed by atoms with van der Waals surface area (Å²) in [5.74, 6) is 2.74. The van der Waals surface area contributed by atoms with Crippen molar-refractivity contribution < 1.29 is 9.15 Å². The first-order valence-corrected chi connectivity index (χ1v) is 7.68. The third kappa shape index (κ3) is 3.84. The van der Waals surface area contributed by atoms with Gasteiger partial charge in [0, 0.05) is 25.8 Å². The van der Waals surface area contributed by atoms with E-state index in [1.807, 2.05) is 7.11 Å². The van der Waals surface area contributed by atoms with E-state index < -0.39 is 0 Å². The number of piperidine rings is 1. The Morgan fingerprint density at radius 3 is 3.00 bits per heavy atom. The van der Waals surface area contributed by atoms with Crippen LogP contribution in [0.15, 0.2) is 10.5 Å². The lowest BCUT2D eigenvalue weighted by Crippen LogP contribution is -2.43. The van der Waals surface area contributed by atoms with Gasteiger partial charge in [0.15, 0.2) is 0 Å². The second kappa shape index (κ2) is 7.25. The number of methoxy groups -OCH3 is 1. The number of likely N-dealkylation sites (tertiary alicyclic amines) is 1. The number of nitrogens with one attached hydrogen (secondary N) is 1. The Kier molecular flexibility index (Phi) is 5.64. The lowest BCUT2D eigenvalue weighted by Gasteiger charge is -2.36. The van der Waals surface area contributed by atoms with Crippen LogP contribution in [0.2, 0.25) is 0 Å². The molecule has 1 aromatic rings. The van der Waals surface area contributed by atoms with Crippen LogP contribution in [-0.4, -0.2) is 37.7 Å². The molecule has 2 rings (SSSR count). The fourth-order valence-electron chi connectivity index (χ4n) is 2.87. The van der Waals surface area contributed by atoms with Crippen LogP contribution in [0.3, 0.4) is 0 Å². The summed E-state index contributed by atoms with van der Waals surface area (Å²) in [5, 5.41) is 3.30. The van der Waals surface area contributed by atoms with Crippen LogP contribution in [0.5, 0.6) is 0 Å². The predicted octanol–water partition coefficient (Wildman–Crippen LogP) is 2.55. The van der Waals surface area contributed by atoms with Gasteiger partial charge >= 0.3 is 0 Å². The van der Waals surface area contributed by atoms with E-state index in [9.17, 15) is 0 Å². The molecule has 1 aliphatic rings. The van der Waals surface area contributed by atoms with Crippen molar-refractivity contribution in [2.24, 2.45) is 5.92 Å². The summed E-state index contributed by atoms with van der Waals surface area (Å²) in [4.78, 5) is 2.48. The zero-order valence-corrected chi connectivity index (χ0v) is 13.2. The molecule has 0 amide bonds. The highest BCUT2D eigenvalue weighted by Gasteiger charge is 2.26. The first kappa shape index (κ1) is 15.5.